The molecule has 1 aliphatic rings. The molecule has 102 valence electrons. The zero-order chi connectivity index (χ0) is 14.3. The number of hydrogen-bond acceptors (Lipinski definition) is 0. The molecule has 0 saturated carbocycles. The van der Waals surface area contributed by atoms with Gasteiger partial charge in [0.15, 0.2) is 0 Å². The number of hydrogen-bond donors (Lipinski definition) is 0. The van der Waals surface area contributed by atoms with Crippen molar-refractivity contribution in [2.45, 2.75) is 40.0 Å². The van der Waals surface area contributed by atoms with Crippen molar-refractivity contribution in [2.75, 3.05) is 0 Å². The predicted molar refractivity (Wildman–Crippen MR) is 88.0 cm³/mol. The first-order valence-corrected chi connectivity index (χ1v) is 7.51. The molecule has 0 fully saturated rings. The first-order chi connectivity index (χ1) is 9.63. The highest BCUT2D eigenvalue weighted by Crippen LogP contribution is 2.44. The Balaban J connectivity index is 2.15. The van der Waals surface area contributed by atoms with Gasteiger partial charge in [0.05, 0.1) is 0 Å². The molecule has 0 radical (unpaired) electrons. The molecule has 0 N–H and O–H groups in total. The Hall–Kier alpha value is -1.82. The zero-order valence-corrected chi connectivity index (χ0v) is 12.8. The lowest BCUT2D eigenvalue weighted by Crippen LogP contribution is -2.00. The fraction of sp³-hybridized carbons (Fsp3) is 0.300. The lowest BCUT2D eigenvalue weighted by atomic mass is 9.85. The van der Waals surface area contributed by atoms with Gasteiger partial charge in [0, 0.05) is 5.92 Å². The fourth-order valence-corrected chi connectivity index (χ4v) is 3.37. The summed E-state index contributed by atoms with van der Waals surface area (Å²) in [6.07, 6.45) is 3.55. The van der Waals surface area contributed by atoms with Gasteiger partial charge in [-0.2, -0.15) is 0 Å². The summed E-state index contributed by atoms with van der Waals surface area (Å²) in [5.41, 5.74) is 10.0. The van der Waals surface area contributed by atoms with Gasteiger partial charge in [-0.05, 0) is 66.1 Å². The van der Waals surface area contributed by atoms with Crippen LogP contribution in [0.3, 0.4) is 0 Å². The van der Waals surface area contributed by atoms with Crippen LogP contribution in [-0.2, 0) is 0 Å². The molecule has 0 heteroatoms. The Morgan fingerprint density at radius 2 is 1.65 bits per heavy atom. The number of fused-ring (bicyclic) bond motifs is 1. The number of benzene rings is 2. The summed E-state index contributed by atoms with van der Waals surface area (Å²) in [4.78, 5) is 0. The monoisotopic (exact) mass is 262 g/mol. The van der Waals surface area contributed by atoms with Crippen LogP contribution in [0.1, 0.15) is 52.6 Å². The Morgan fingerprint density at radius 3 is 2.40 bits per heavy atom. The molecule has 0 bridgehead atoms. The molecule has 0 aromatic heterocycles. The van der Waals surface area contributed by atoms with E-state index in [1.54, 1.807) is 0 Å². The van der Waals surface area contributed by atoms with Gasteiger partial charge in [0.2, 0.25) is 0 Å². The van der Waals surface area contributed by atoms with Gasteiger partial charge < -0.3 is 0 Å². The highest BCUT2D eigenvalue weighted by atomic mass is 14.3. The summed E-state index contributed by atoms with van der Waals surface area (Å²) in [6, 6.07) is 13.4. The van der Waals surface area contributed by atoms with Crippen LogP contribution < -0.4 is 0 Å². The Morgan fingerprint density at radius 1 is 0.900 bits per heavy atom. The molecule has 1 aliphatic carbocycles. The van der Waals surface area contributed by atoms with Crippen molar-refractivity contribution in [3.63, 3.8) is 0 Å². The Labute approximate surface area is 122 Å². The van der Waals surface area contributed by atoms with Gasteiger partial charge in [-0.3, -0.25) is 0 Å². The van der Waals surface area contributed by atoms with E-state index in [0.29, 0.717) is 5.92 Å². The van der Waals surface area contributed by atoms with Crippen LogP contribution in [0.4, 0.5) is 0 Å². The maximum Gasteiger partial charge on any atom is 0.00989 e. The molecule has 1 atom stereocenters. The van der Waals surface area contributed by atoms with E-state index in [0.717, 1.165) is 6.42 Å². The molecule has 0 heterocycles. The summed E-state index contributed by atoms with van der Waals surface area (Å²) >= 11 is 0. The summed E-state index contributed by atoms with van der Waals surface area (Å²) < 4.78 is 0. The molecule has 2 aromatic rings. The Bertz CT molecular complexity index is 689. The third kappa shape index (κ3) is 1.91. The average molecular weight is 262 g/mol. The van der Waals surface area contributed by atoms with Crippen molar-refractivity contribution in [1.29, 1.82) is 0 Å². The molecule has 3 rings (SSSR count). The molecule has 0 amide bonds. The maximum atomic E-state index is 2.39. The smallest absolute Gasteiger partial charge is 0.00989 e. The second-order valence-electron chi connectivity index (χ2n) is 5.87. The highest BCUT2D eigenvalue weighted by molar-refractivity contribution is 5.92. The number of aryl methyl sites for hydroxylation is 1. The van der Waals surface area contributed by atoms with Gasteiger partial charge in [0.1, 0.15) is 0 Å². The van der Waals surface area contributed by atoms with Gasteiger partial charge in [-0.25, -0.2) is 0 Å². The van der Waals surface area contributed by atoms with Crippen LogP contribution in [0.15, 0.2) is 36.4 Å². The topological polar surface area (TPSA) is 0 Å². The largest absolute Gasteiger partial charge is 0.0645 e. The van der Waals surface area contributed by atoms with Crippen LogP contribution in [0.5, 0.6) is 0 Å². The van der Waals surface area contributed by atoms with Crippen LogP contribution >= 0.6 is 0 Å². The summed E-state index contributed by atoms with van der Waals surface area (Å²) in [7, 11) is 0. The summed E-state index contributed by atoms with van der Waals surface area (Å²) in [5, 5.41) is 0. The normalized spacial score (nSPS) is 17.0. The maximum absolute atomic E-state index is 2.39. The summed E-state index contributed by atoms with van der Waals surface area (Å²) in [6.45, 7) is 8.98. The first-order valence-electron chi connectivity index (χ1n) is 7.51. The minimum Gasteiger partial charge on any atom is -0.0645 e. The van der Waals surface area contributed by atoms with Gasteiger partial charge in [-0.1, -0.05) is 49.4 Å². The van der Waals surface area contributed by atoms with E-state index in [1.165, 1.54) is 39.0 Å². The fourth-order valence-electron chi connectivity index (χ4n) is 3.37. The van der Waals surface area contributed by atoms with E-state index in [4.69, 9.17) is 0 Å². The number of allylic oxidation sites excluding steroid dienone is 1. The van der Waals surface area contributed by atoms with Gasteiger partial charge in [0.25, 0.3) is 0 Å². The predicted octanol–water partition coefficient (Wildman–Crippen LogP) is 5.66. The molecule has 0 nitrogen and oxygen atoms in total. The van der Waals surface area contributed by atoms with E-state index in [2.05, 4.69) is 70.2 Å². The molecule has 2 aromatic carbocycles. The number of rotatable bonds is 2. The minimum atomic E-state index is 0.548. The highest BCUT2D eigenvalue weighted by Gasteiger charge is 2.25. The molecule has 20 heavy (non-hydrogen) atoms. The van der Waals surface area contributed by atoms with Crippen LogP contribution in [0.2, 0.25) is 0 Å². The third-order valence-corrected chi connectivity index (χ3v) is 4.84. The van der Waals surface area contributed by atoms with Crippen LogP contribution in [-0.4, -0.2) is 0 Å². The lowest BCUT2D eigenvalue weighted by molar-refractivity contribution is 0.833. The van der Waals surface area contributed by atoms with Crippen molar-refractivity contribution < 1.29 is 0 Å². The second-order valence-corrected chi connectivity index (χ2v) is 5.87. The quantitative estimate of drug-likeness (QED) is 0.655. The van der Waals surface area contributed by atoms with Crippen LogP contribution in [0, 0.1) is 20.8 Å². The van der Waals surface area contributed by atoms with Crippen LogP contribution in [0.25, 0.3) is 11.6 Å². The third-order valence-electron chi connectivity index (χ3n) is 4.84. The molecule has 0 spiro atoms. The van der Waals surface area contributed by atoms with Crippen molar-refractivity contribution in [2.24, 2.45) is 0 Å². The zero-order valence-electron chi connectivity index (χ0n) is 12.8. The van der Waals surface area contributed by atoms with E-state index in [9.17, 15) is 0 Å². The van der Waals surface area contributed by atoms with Gasteiger partial charge in [-0.15, -0.1) is 0 Å². The second kappa shape index (κ2) is 4.94. The SMILES string of the molecule is CCC1C(c2ccc(C)c(C)c2C)=Cc2ccccc21. The van der Waals surface area contributed by atoms with Gasteiger partial charge >= 0.3 is 0 Å². The lowest BCUT2D eigenvalue weighted by Gasteiger charge is -2.18. The van der Waals surface area contributed by atoms with E-state index in [1.807, 2.05) is 0 Å². The van der Waals surface area contributed by atoms with Crippen molar-refractivity contribution in [3.8, 4) is 0 Å². The molecular weight excluding hydrogens is 240 g/mol. The minimum absolute atomic E-state index is 0.548. The average Bonchev–Trinajstić information content (AvgIpc) is 2.83. The van der Waals surface area contributed by atoms with Crippen molar-refractivity contribution >= 4 is 11.6 Å². The van der Waals surface area contributed by atoms with Crippen molar-refractivity contribution in [1.82, 2.24) is 0 Å². The molecule has 0 aliphatic heterocycles. The van der Waals surface area contributed by atoms with E-state index >= 15 is 0 Å². The molecule has 1 unspecified atom stereocenters. The van der Waals surface area contributed by atoms with E-state index < -0.39 is 0 Å². The van der Waals surface area contributed by atoms with Crippen molar-refractivity contribution in [3.05, 3.63) is 69.8 Å². The molecular formula is C20H22. The van der Waals surface area contributed by atoms with E-state index in [-0.39, 0.29) is 0 Å². The first kappa shape index (κ1) is 13.2. The standard InChI is InChI=1S/C20H22/c1-5-17-19-9-7-6-8-16(19)12-20(17)18-11-10-13(2)14(3)15(18)4/h6-12,17H,5H2,1-4H3. The Kier molecular flexibility index (Phi) is 3.25. The summed E-state index contributed by atoms with van der Waals surface area (Å²) in [5.74, 6) is 0.548. The molecule has 0 saturated heterocycles.